The Bertz CT molecular complexity index is 4380. The van der Waals surface area contributed by atoms with Crippen LogP contribution in [0.4, 0.5) is 0 Å². The fraction of sp³-hybridized carbons (Fsp3) is 0.212. The van der Waals surface area contributed by atoms with Gasteiger partial charge < -0.3 is 45.7 Å². The molecule has 0 aliphatic rings. The fourth-order valence-electron chi connectivity index (χ4n) is 11.8. The molecule has 0 fully saturated rings. The second-order valence-corrected chi connectivity index (χ2v) is 53.6. The van der Waals surface area contributed by atoms with Crippen molar-refractivity contribution in [2.45, 2.75) is 0 Å². The average Bonchev–Trinajstić information content (AvgIpc) is 0.830. The molecular formula is C99H126Cl3N5O6P6S5Si. The molecule has 0 amide bonds. The van der Waals surface area contributed by atoms with Crippen molar-refractivity contribution in [2.24, 2.45) is 11.5 Å². The van der Waals surface area contributed by atoms with Crippen molar-refractivity contribution in [3.05, 3.63) is 401 Å². The van der Waals surface area contributed by atoms with Crippen LogP contribution in [0.2, 0.25) is 0 Å². The van der Waals surface area contributed by atoms with Crippen molar-refractivity contribution in [3.63, 3.8) is 0 Å². The van der Waals surface area contributed by atoms with Crippen molar-refractivity contribution < 1.29 is 28.8 Å². The van der Waals surface area contributed by atoms with Crippen LogP contribution in [0.25, 0.3) is 0 Å². The van der Waals surface area contributed by atoms with Crippen molar-refractivity contribution in [1.29, 1.82) is 0 Å². The molecule has 26 heteroatoms. The van der Waals surface area contributed by atoms with E-state index in [1.165, 1.54) is 33.1 Å². The van der Waals surface area contributed by atoms with Crippen LogP contribution in [0.3, 0.4) is 0 Å². The Labute approximate surface area is 788 Å². The van der Waals surface area contributed by atoms with Crippen LogP contribution in [-0.4, -0.2) is 148 Å². The van der Waals surface area contributed by atoms with Gasteiger partial charge in [-0.2, -0.15) is 58.8 Å². The summed E-state index contributed by atoms with van der Waals surface area (Å²) in [6, 6.07) is 120. The van der Waals surface area contributed by atoms with E-state index in [1.807, 2.05) is 303 Å². The Kier molecular flexibility index (Phi) is 65.3. The highest BCUT2D eigenvalue weighted by molar-refractivity contribution is 7.99. The summed E-state index contributed by atoms with van der Waals surface area (Å²) in [6.45, 7) is 17.0. The first-order chi connectivity index (χ1) is 61.0. The molecule has 0 aliphatic carbocycles. The molecule has 0 atom stereocenters. The van der Waals surface area contributed by atoms with Gasteiger partial charge in [0.1, 0.15) is 14.3 Å². The smallest absolute Gasteiger partial charge is 0.326 e. The van der Waals surface area contributed by atoms with E-state index in [4.69, 9.17) is 55.2 Å². The lowest BCUT2D eigenvalue weighted by molar-refractivity contribution is -0.176. The summed E-state index contributed by atoms with van der Waals surface area (Å²) < 4.78 is 52.9. The first-order valence-corrected chi connectivity index (χ1v) is 63.0. The maximum atomic E-state index is 13.6. The number of halogens is 3. The molecule has 0 saturated carbocycles. The summed E-state index contributed by atoms with van der Waals surface area (Å²) >= 11 is 23.9. The van der Waals surface area contributed by atoms with Crippen LogP contribution >= 0.6 is 136 Å². The van der Waals surface area contributed by atoms with Gasteiger partial charge >= 0.3 is 6.73 Å². The molecule has 9 N–H and O–H groups in total. The summed E-state index contributed by atoms with van der Waals surface area (Å²) in [5.74, 6) is 10.7. The molecule has 0 spiro atoms. The summed E-state index contributed by atoms with van der Waals surface area (Å²) in [7, 11) is -11.0. The lowest BCUT2D eigenvalue weighted by atomic mass is 10.4. The van der Waals surface area contributed by atoms with Crippen molar-refractivity contribution in [2.75, 3.05) is 131 Å². The molecular weight excluding hydrogens is 1840 g/mol. The van der Waals surface area contributed by atoms with E-state index in [-0.39, 0.29) is 15.8 Å². The number of rotatable bonds is 37. The maximum absolute atomic E-state index is 13.6. The minimum atomic E-state index is -2.64. The zero-order chi connectivity index (χ0) is 91.2. The van der Waals surface area contributed by atoms with Crippen LogP contribution in [0, 0.1) is 0 Å². The average molecular weight is 1960 g/mol. The topological polar surface area (TPSA) is 197 Å². The van der Waals surface area contributed by atoms with Crippen LogP contribution in [0.15, 0.2) is 401 Å². The summed E-state index contributed by atoms with van der Waals surface area (Å²) in [6.07, 6.45) is 13.0. The molecule has 12 rings (SSSR count). The number of nitrogens with two attached hydrogens (primary N) is 2. The first-order valence-electron chi connectivity index (χ1n) is 40.6. The SMILES string of the molecule is C=CP(=O)(c1ccccc1)c1ccccc1.C=CP(=O)(c1ccccc1)c1ccccc1.C=CP(c1ccccc1)c1ccccc1.CSCCN.CSCCN.CSCCNCCP(=O)(c1ccccc1)c1ccccc1.CSCCNCCP(=O)(c1ccccc1)c1ccccc1.CSCCNCCP(c1ccccc1)c1ccccc1.Cl[SiH](Cl)Cl.OO. The second-order valence-electron chi connectivity index (χ2n) is 26.4. The van der Waals surface area contributed by atoms with E-state index < -0.39 is 35.3 Å². The van der Waals surface area contributed by atoms with Gasteiger partial charge in [-0.25, -0.2) is 0 Å². The number of benzene rings is 12. The van der Waals surface area contributed by atoms with Gasteiger partial charge in [0.2, 0.25) is 0 Å². The van der Waals surface area contributed by atoms with Crippen molar-refractivity contribution >= 4 is 207 Å². The van der Waals surface area contributed by atoms with E-state index in [0.29, 0.717) is 12.3 Å². The third kappa shape index (κ3) is 44.6. The quantitative estimate of drug-likeness (QED) is 0.00484. The molecule has 12 aromatic rings. The lowest BCUT2D eigenvalue weighted by Crippen LogP contribution is -2.26. The molecule has 11 nitrogen and oxygen atoms in total. The summed E-state index contributed by atoms with van der Waals surface area (Å²) in [5, 5.41) is 35.1. The third-order valence-corrected chi connectivity index (χ3v) is 37.2. The third-order valence-electron chi connectivity index (χ3n) is 18.0. The molecule has 0 aromatic heterocycles. The molecule has 0 aliphatic heterocycles. The van der Waals surface area contributed by atoms with Gasteiger partial charge in [0.25, 0.3) is 0 Å². The van der Waals surface area contributed by atoms with Gasteiger partial charge in [-0.15, -0.1) is 33.2 Å². The van der Waals surface area contributed by atoms with Crippen molar-refractivity contribution in [1.82, 2.24) is 16.0 Å². The van der Waals surface area contributed by atoms with Crippen LogP contribution in [0.1, 0.15) is 0 Å². The Morgan fingerprint density at radius 3 is 0.688 bits per heavy atom. The standard InChI is InChI=1S/2C17H22NOPS.C17H22NPS.2C14H13OP.C14H13P.2C3H9NS.Cl3HSi.H2O2/c2*1-21-15-13-18-12-14-20(19,16-8-4-2-5-9-16)17-10-6-3-7-11-17;1-20-15-13-18-12-14-19(16-8-4-2-5-9-16)17-10-6-3-7-11-17;2*1-2-16(15,13-9-5-3-6-10-13)14-11-7-4-8-12-14;1-2-15(13-9-5-3-6-10-13)14-11-7-4-8-12-14;2*1-5-3-2-4;1-4(2)3;1-2/h2*2-11,18H,12-15H2,1H3;2-11,18H,12-15H2,1H3;2*2-12H,1H2;2-12H,1H2;2*2-4H2,1H3;4H;1-2H. The fourth-order valence-corrected chi connectivity index (χ4v) is 26.3. The molecule has 0 bridgehead atoms. The molecule has 12 aromatic carbocycles. The van der Waals surface area contributed by atoms with E-state index in [0.717, 1.165) is 118 Å². The molecule has 125 heavy (non-hydrogen) atoms. The summed E-state index contributed by atoms with van der Waals surface area (Å²) in [5.41, 5.74) is 10.2. The molecule has 0 heterocycles. The lowest BCUT2D eigenvalue weighted by Gasteiger charge is -2.19. The first kappa shape index (κ1) is 113. The van der Waals surface area contributed by atoms with Gasteiger partial charge in [-0.3, -0.25) is 10.5 Å². The predicted molar refractivity (Wildman–Crippen MR) is 581 cm³/mol. The Hall–Kier alpha value is -5.80. The molecule has 0 radical (unpaired) electrons. The van der Waals surface area contributed by atoms with E-state index in [9.17, 15) is 18.3 Å². The zero-order valence-electron chi connectivity index (χ0n) is 72.4. The van der Waals surface area contributed by atoms with Gasteiger partial charge in [-0.1, -0.05) is 390 Å². The number of hydrogen-bond acceptors (Lipinski definition) is 16. The van der Waals surface area contributed by atoms with Crippen molar-refractivity contribution in [3.8, 4) is 0 Å². The van der Waals surface area contributed by atoms with E-state index in [1.54, 1.807) is 35.2 Å². The minimum Gasteiger partial charge on any atom is -0.330 e. The van der Waals surface area contributed by atoms with Gasteiger partial charge in [0, 0.05) is 129 Å². The Morgan fingerprint density at radius 2 is 0.504 bits per heavy atom. The maximum Gasteiger partial charge on any atom is 0.326 e. The number of hydrogen-bond donors (Lipinski definition) is 7. The highest BCUT2D eigenvalue weighted by Crippen LogP contribution is 2.46. The molecule has 0 saturated heterocycles. The van der Waals surface area contributed by atoms with E-state index in [2.05, 4.69) is 169 Å². The highest BCUT2D eigenvalue weighted by Gasteiger charge is 2.29. The predicted octanol–water partition coefficient (Wildman–Crippen LogP) is 20.6. The van der Waals surface area contributed by atoms with Crippen LogP contribution in [0.5, 0.6) is 0 Å². The second kappa shape index (κ2) is 72.0. The zero-order valence-corrected chi connectivity index (χ0v) is 85.3. The number of thioether (sulfide) groups is 5. The summed E-state index contributed by atoms with van der Waals surface area (Å²) in [4.78, 5) is 0. The highest BCUT2D eigenvalue weighted by atomic mass is 35.8. The number of nitrogens with one attached hydrogen (secondary N) is 3. The van der Waals surface area contributed by atoms with E-state index >= 15 is 0 Å². The van der Waals surface area contributed by atoms with Crippen LogP contribution in [-0.2, 0) is 18.3 Å². The Morgan fingerprint density at radius 1 is 0.312 bits per heavy atom. The largest absolute Gasteiger partial charge is 0.330 e. The van der Waals surface area contributed by atoms with Gasteiger partial charge in [0.05, 0.1) is 0 Å². The van der Waals surface area contributed by atoms with Gasteiger partial charge in [0.15, 0.2) is 14.3 Å². The Balaban J connectivity index is 0.000000375. The molecule has 0 unspecified atom stereocenters. The van der Waals surface area contributed by atoms with Crippen LogP contribution < -0.4 is 91.1 Å². The van der Waals surface area contributed by atoms with Gasteiger partial charge in [-0.05, 0) is 92.7 Å². The minimum absolute atomic E-state index is 0.241. The molecule has 668 valence electrons. The monoisotopic (exact) mass is 1960 g/mol. The normalized spacial score (nSPS) is 10.6.